The highest BCUT2D eigenvalue weighted by Crippen LogP contribution is 2.25. The average molecular weight is 273 g/mol. The minimum absolute atomic E-state index is 0.515. The van der Waals surface area contributed by atoms with Crippen LogP contribution in [0, 0.1) is 0 Å². The topological polar surface area (TPSA) is 18.5 Å². The molecule has 0 spiro atoms. The summed E-state index contributed by atoms with van der Waals surface area (Å²) in [7, 11) is 4.42. The first-order valence-electron chi connectivity index (χ1n) is 7.94. The summed E-state index contributed by atoms with van der Waals surface area (Å²) >= 11 is 0. The standard InChI is InChI=1S/C17H27N3/c1-19(2)15-7-5-11-20(12-15)13-17-16-8-4-3-6-14(16)9-10-18-17/h3-4,6,8,15,17-18H,5,7,9-13H2,1-2H3. The van der Waals surface area contributed by atoms with Crippen LogP contribution in [0.5, 0.6) is 0 Å². The molecular formula is C17H27N3. The Bertz CT molecular complexity index is 444. The van der Waals surface area contributed by atoms with Crippen molar-refractivity contribution in [3.8, 4) is 0 Å². The van der Waals surface area contributed by atoms with Crippen molar-refractivity contribution in [1.29, 1.82) is 0 Å². The number of benzene rings is 1. The van der Waals surface area contributed by atoms with E-state index in [1.54, 1.807) is 0 Å². The number of hydrogen-bond donors (Lipinski definition) is 1. The van der Waals surface area contributed by atoms with Gasteiger partial charge in [-0.05, 0) is 57.6 Å². The molecule has 1 N–H and O–H groups in total. The van der Waals surface area contributed by atoms with E-state index in [4.69, 9.17) is 0 Å². The first-order valence-corrected chi connectivity index (χ1v) is 7.94. The minimum atomic E-state index is 0.515. The van der Waals surface area contributed by atoms with E-state index in [2.05, 4.69) is 53.5 Å². The van der Waals surface area contributed by atoms with Gasteiger partial charge in [-0.25, -0.2) is 0 Å². The van der Waals surface area contributed by atoms with Crippen molar-refractivity contribution in [2.45, 2.75) is 31.3 Å². The predicted octanol–water partition coefficient (Wildman–Crippen LogP) is 1.90. The molecule has 2 aliphatic heterocycles. The van der Waals surface area contributed by atoms with Crippen LogP contribution in [0.1, 0.15) is 30.0 Å². The molecule has 3 nitrogen and oxygen atoms in total. The highest BCUT2D eigenvalue weighted by atomic mass is 15.2. The second-order valence-corrected chi connectivity index (χ2v) is 6.47. The summed E-state index contributed by atoms with van der Waals surface area (Å²) in [5, 5.41) is 3.71. The Kier molecular flexibility index (Phi) is 4.39. The van der Waals surface area contributed by atoms with E-state index in [0.29, 0.717) is 6.04 Å². The molecule has 0 aliphatic carbocycles. The van der Waals surface area contributed by atoms with Gasteiger partial charge >= 0.3 is 0 Å². The fourth-order valence-electron chi connectivity index (χ4n) is 3.63. The van der Waals surface area contributed by atoms with Gasteiger partial charge in [0.2, 0.25) is 0 Å². The molecule has 0 radical (unpaired) electrons. The van der Waals surface area contributed by atoms with Gasteiger partial charge < -0.3 is 10.2 Å². The molecule has 2 heterocycles. The molecule has 1 saturated heterocycles. The number of likely N-dealkylation sites (tertiary alicyclic amines) is 1. The Morgan fingerprint density at radius 3 is 3.00 bits per heavy atom. The summed E-state index contributed by atoms with van der Waals surface area (Å²) in [5.41, 5.74) is 3.06. The minimum Gasteiger partial charge on any atom is -0.309 e. The third-order valence-electron chi connectivity index (χ3n) is 4.87. The molecule has 2 aliphatic rings. The fourth-order valence-corrected chi connectivity index (χ4v) is 3.63. The lowest BCUT2D eigenvalue weighted by Crippen LogP contribution is -2.48. The van der Waals surface area contributed by atoms with Gasteiger partial charge in [-0.2, -0.15) is 0 Å². The van der Waals surface area contributed by atoms with Gasteiger partial charge in [0.05, 0.1) is 0 Å². The van der Waals surface area contributed by atoms with Crippen LogP contribution in [0.4, 0.5) is 0 Å². The molecule has 1 aromatic carbocycles. The van der Waals surface area contributed by atoms with Crippen molar-refractivity contribution in [1.82, 2.24) is 15.1 Å². The van der Waals surface area contributed by atoms with Gasteiger partial charge in [-0.3, -0.25) is 4.90 Å². The highest BCUT2D eigenvalue weighted by molar-refractivity contribution is 5.32. The summed E-state index contributed by atoms with van der Waals surface area (Å²) in [6, 6.07) is 10.2. The average Bonchev–Trinajstić information content (AvgIpc) is 2.48. The third kappa shape index (κ3) is 3.05. The maximum absolute atomic E-state index is 3.71. The molecule has 0 bridgehead atoms. The van der Waals surface area contributed by atoms with Gasteiger partial charge in [-0.1, -0.05) is 24.3 Å². The van der Waals surface area contributed by atoms with Gasteiger partial charge in [0.15, 0.2) is 0 Å². The second kappa shape index (κ2) is 6.25. The molecule has 2 unspecified atom stereocenters. The zero-order chi connectivity index (χ0) is 13.9. The maximum atomic E-state index is 3.71. The van der Waals surface area contributed by atoms with E-state index in [9.17, 15) is 0 Å². The first-order chi connectivity index (χ1) is 9.74. The van der Waals surface area contributed by atoms with Crippen LogP contribution in [0.15, 0.2) is 24.3 Å². The molecule has 1 fully saturated rings. The Labute approximate surface area is 123 Å². The van der Waals surface area contributed by atoms with Crippen LogP contribution in [0.2, 0.25) is 0 Å². The first kappa shape index (κ1) is 14.1. The molecule has 0 aromatic heterocycles. The van der Waals surface area contributed by atoms with Gasteiger partial charge in [0.1, 0.15) is 0 Å². The molecule has 110 valence electrons. The van der Waals surface area contributed by atoms with Crippen molar-refractivity contribution in [2.24, 2.45) is 0 Å². The van der Waals surface area contributed by atoms with E-state index >= 15 is 0 Å². The Hall–Kier alpha value is -0.900. The van der Waals surface area contributed by atoms with Crippen molar-refractivity contribution < 1.29 is 0 Å². The quantitative estimate of drug-likeness (QED) is 0.907. The van der Waals surface area contributed by atoms with Crippen molar-refractivity contribution in [2.75, 3.05) is 40.3 Å². The van der Waals surface area contributed by atoms with E-state index in [1.807, 2.05) is 0 Å². The number of nitrogens with one attached hydrogen (secondary N) is 1. The molecule has 2 atom stereocenters. The van der Waals surface area contributed by atoms with Crippen LogP contribution in [0.25, 0.3) is 0 Å². The Balaban J connectivity index is 1.66. The monoisotopic (exact) mass is 273 g/mol. The van der Waals surface area contributed by atoms with E-state index in [1.165, 1.54) is 43.5 Å². The summed E-state index contributed by atoms with van der Waals surface area (Å²) in [4.78, 5) is 5.03. The van der Waals surface area contributed by atoms with Gasteiger partial charge in [-0.15, -0.1) is 0 Å². The van der Waals surface area contributed by atoms with E-state index in [-0.39, 0.29) is 0 Å². The molecule has 3 rings (SSSR count). The number of rotatable bonds is 3. The third-order valence-corrected chi connectivity index (χ3v) is 4.87. The van der Waals surface area contributed by atoms with Crippen molar-refractivity contribution in [3.63, 3.8) is 0 Å². The SMILES string of the molecule is CN(C)C1CCCN(CC2NCCc3ccccc32)C1. The highest BCUT2D eigenvalue weighted by Gasteiger charge is 2.26. The molecular weight excluding hydrogens is 246 g/mol. The smallest absolute Gasteiger partial charge is 0.0452 e. The summed E-state index contributed by atoms with van der Waals surface area (Å²) in [6.45, 7) is 4.74. The zero-order valence-electron chi connectivity index (χ0n) is 12.8. The molecule has 20 heavy (non-hydrogen) atoms. The summed E-state index contributed by atoms with van der Waals surface area (Å²) in [6.07, 6.45) is 3.85. The number of likely N-dealkylation sites (N-methyl/N-ethyl adjacent to an activating group) is 1. The van der Waals surface area contributed by atoms with Crippen LogP contribution >= 0.6 is 0 Å². The molecule has 1 aromatic rings. The van der Waals surface area contributed by atoms with Crippen molar-refractivity contribution >= 4 is 0 Å². The van der Waals surface area contributed by atoms with Crippen LogP contribution in [-0.4, -0.2) is 56.1 Å². The predicted molar refractivity (Wildman–Crippen MR) is 84.0 cm³/mol. The number of hydrogen-bond acceptors (Lipinski definition) is 3. The Morgan fingerprint density at radius 2 is 2.15 bits per heavy atom. The van der Waals surface area contributed by atoms with E-state index in [0.717, 1.165) is 19.1 Å². The van der Waals surface area contributed by atoms with Crippen LogP contribution in [0.3, 0.4) is 0 Å². The number of fused-ring (bicyclic) bond motifs is 1. The van der Waals surface area contributed by atoms with Crippen molar-refractivity contribution in [3.05, 3.63) is 35.4 Å². The van der Waals surface area contributed by atoms with Gasteiger partial charge in [0, 0.05) is 25.2 Å². The van der Waals surface area contributed by atoms with Crippen LogP contribution < -0.4 is 5.32 Å². The molecule has 0 amide bonds. The summed E-state index contributed by atoms with van der Waals surface area (Å²) < 4.78 is 0. The van der Waals surface area contributed by atoms with Gasteiger partial charge in [0.25, 0.3) is 0 Å². The summed E-state index contributed by atoms with van der Waals surface area (Å²) in [5.74, 6) is 0. The maximum Gasteiger partial charge on any atom is 0.0452 e. The molecule has 3 heteroatoms. The fraction of sp³-hybridized carbons (Fsp3) is 0.647. The largest absolute Gasteiger partial charge is 0.309 e. The lowest BCUT2D eigenvalue weighted by molar-refractivity contribution is 0.122. The molecule has 0 saturated carbocycles. The lowest BCUT2D eigenvalue weighted by Gasteiger charge is -2.39. The zero-order valence-corrected chi connectivity index (χ0v) is 12.8. The van der Waals surface area contributed by atoms with E-state index < -0.39 is 0 Å². The van der Waals surface area contributed by atoms with Crippen LogP contribution in [-0.2, 0) is 6.42 Å². The second-order valence-electron chi connectivity index (χ2n) is 6.47. The number of nitrogens with zero attached hydrogens (tertiary/aromatic N) is 2. The number of piperidine rings is 1. The lowest BCUT2D eigenvalue weighted by atomic mass is 9.93. The normalized spacial score (nSPS) is 27.6. The Morgan fingerprint density at radius 1 is 1.30 bits per heavy atom.